The highest BCUT2D eigenvalue weighted by Gasteiger charge is 2.45. The number of aliphatic hydroxyl groups is 1. The Balaban J connectivity index is 1.67. The van der Waals surface area contributed by atoms with E-state index in [0.717, 1.165) is 19.6 Å². The number of aliphatic hydroxyl groups excluding tert-OH is 1. The molecule has 0 unspecified atom stereocenters. The van der Waals surface area contributed by atoms with Crippen LogP contribution in [0.5, 0.6) is 0 Å². The van der Waals surface area contributed by atoms with Gasteiger partial charge in [0.1, 0.15) is 5.76 Å². The number of ether oxygens (including phenoxy) is 1. The van der Waals surface area contributed by atoms with E-state index in [9.17, 15) is 24.8 Å². The van der Waals surface area contributed by atoms with Gasteiger partial charge in [0.15, 0.2) is 0 Å². The monoisotopic (exact) mass is 452 g/mol. The van der Waals surface area contributed by atoms with Gasteiger partial charge in [-0.05, 0) is 36.2 Å². The second-order valence-corrected chi connectivity index (χ2v) is 7.88. The molecule has 1 N–H and O–H groups in total. The summed E-state index contributed by atoms with van der Waals surface area (Å²) in [6.07, 6.45) is 3.59. The molecular weight excluding hydrogens is 428 g/mol. The summed E-state index contributed by atoms with van der Waals surface area (Å²) in [6, 6.07) is 7.95. The molecule has 0 spiro atoms. The second kappa shape index (κ2) is 9.88. The fourth-order valence-electron chi connectivity index (χ4n) is 4.19. The number of Topliss-reactive ketones (excluding diaryl/α,β-unsaturated/α-hetero) is 1. The van der Waals surface area contributed by atoms with E-state index in [1.165, 1.54) is 41.6 Å². The maximum atomic E-state index is 13.0. The minimum atomic E-state index is -0.844. The van der Waals surface area contributed by atoms with Crippen molar-refractivity contribution in [3.05, 3.63) is 75.6 Å². The zero-order chi connectivity index (χ0) is 23.4. The molecule has 0 saturated carbocycles. The van der Waals surface area contributed by atoms with E-state index in [0.29, 0.717) is 37.3 Å². The third-order valence-corrected chi connectivity index (χ3v) is 5.89. The normalized spacial score (nSPS) is 20.8. The Morgan fingerprint density at radius 1 is 1.09 bits per heavy atom. The van der Waals surface area contributed by atoms with Gasteiger partial charge in [0.2, 0.25) is 0 Å². The molecule has 10 heteroatoms. The Labute approximate surface area is 190 Å². The second-order valence-electron chi connectivity index (χ2n) is 7.88. The first-order chi connectivity index (χ1) is 16.0. The SMILES string of the molecule is O=C1C(=O)N(CCCN2CCOCC2)[C@H](c2ccc([N+](=O)[O-])cc2)/C1=C(\O)c1ccncc1. The molecule has 3 heterocycles. The van der Waals surface area contributed by atoms with Gasteiger partial charge < -0.3 is 14.7 Å². The molecule has 0 bridgehead atoms. The molecule has 1 atom stereocenters. The number of non-ortho nitro benzene ring substituents is 1. The zero-order valence-corrected chi connectivity index (χ0v) is 17.9. The van der Waals surface area contributed by atoms with Gasteiger partial charge in [0.25, 0.3) is 17.4 Å². The van der Waals surface area contributed by atoms with Gasteiger partial charge in [0.05, 0.1) is 29.8 Å². The third kappa shape index (κ3) is 4.76. The smallest absolute Gasteiger partial charge is 0.295 e. The summed E-state index contributed by atoms with van der Waals surface area (Å²) in [6.45, 7) is 4.00. The Morgan fingerprint density at radius 2 is 1.76 bits per heavy atom. The number of hydrogen-bond donors (Lipinski definition) is 1. The molecule has 172 valence electrons. The molecule has 0 aliphatic carbocycles. The van der Waals surface area contributed by atoms with E-state index < -0.39 is 22.7 Å². The Bertz CT molecular complexity index is 1060. The van der Waals surface area contributed by atoms with Crippen molar-refractivity contribution in [2.75, 3.05) is 39.4 Å². The molecule has 2 aliphatic rings. The maximum absolute atomic E-state index is 13.0. The van der Waals surface area contributed by atoms with Crippen molar-refractivity contribution in [3.8, 4) is 0 Å². The Kier molecular flexibility index (Phi) is 6.76. The molecule has 2 fully saturated rings. The molecule has 2 aliphatic heterocycles. The average Bonchev–Trinajstić information content (AvgIpc) is 3.10. The van der Waals surface area contributed by atoms with Crippen LogP contribution in [0.2, 0.25) is 0 Å². The molecule has 4 rings (SSSR count). The number of morpholine rings is 1. The number of likely N-dealkylation sites (tertiary alicyclic amines) is 1. The number of nitrogens with zero attached hydrogens (tertiary/aromatic N) is 4. The molecule has 0 radical (unpaired) electrons. The summed E-state index contributed by atoms with van der Waals surface area (Å²) in [5.41, 5.74) is 0.744. The lowest BCUT2D eigenvalue weighted by Crippen LogP contribution is -2.38. The number of benzene rings is 1. The largest absolute Gasteiger partial charge is 0.507 e. The summed E-state index contributed by atoms with van der Waals surface area (Å²) >= 11 is 0. The van der Waals surface area contributed by atoms with Crippen LogP contribution in [0.3, 0.4) is 0 Å². The fraction of sp³-hybridized carbons (Fsp3) is 0.348. The zero-order valence-electron chi connectivity index (χ0n) is 17.9. The number of amides is 1. The van der Waals surface area contributed by atoms with Crippen LogP contribution in [0.25, 0.3) is 5.76 Å². The quantitative estimate of drug-likeness (QED) is 0.223. The van der Waals surface area contributed by atoms with Crippen LogP contribution in [0.15, 0.2) is 54.4 Å². The summed E-state index contributed by atoms with van der Waals surface area (Å²) in [5.74, 6) is -1.77. The molecule has 1 amide bonds. The van der Waals surface area contributed by atoms with Crippen molar-refractivity contribution in [2.24, 2.45) is 0 Å². The highest BCUT2D eigenvalue weighted by molar-refractivity contribution is 6.46. The predicted molar refractivity (Wildman–Crippen MR) is 118 cm³/mol. The van der Waals surface area contributed by atoms with Gasteiger partial charge in [-0.15, -0.1) is 0 Å². The van der Waals surface area contributed by atoms with Crippen molar-refractivity contribution in [1.82, 2.24) is 14.8 Å². The van der Waals surface area contributed by atoms with Crippen molar-refractivity contribution < 1.29 is 24.4 Å². The summed E-state index contributed by atoms with van der Waals surface area (Å²) in [4.78, 5) is 44.1. The van der Waals surface area contributed by atoms with Crippen molar-refractivity contribution >= 4 is 23.1 Å². The van der Waals surface area contributed by atoms with E-state index in [-0.39, 0.29) is 17.0 Å². The highest BCUT2D eigenvalue weighted by atomic mass is 16.6. The van der Waals surface area contributed by atoms with Gasteiger partial charge in [-0.1, -0.05) is 0 Å². The van der Waals surface area contributed by atoms with Crippen LogP contribution >= 0.6 is 0 Å². The topological polar surface area (TPSA) is 126 Å². The van der Waals surface area contributed by atoms with E-state index >= 15 is 0 Å². The lowest BCUT2D eigenvalue weighted by Gasteiger charge is -2.29. The number of pyridine rings is 1. The lowest BCUT2D eigenvalue weighted by molar-refractivity contribution is -0.384. The molecule has 2 aromatic rings. The molecular formula is C23H24N4O6. The first kappa shape index (κ1) is 22.6. The van der Waals surface area contributed by atoms with Crippen molar-refractivity contribution in [3.63, 3.8) is 0 Å². The number of hydrogen-bond acceptors (Lipinski definition) is 8. The van der Waals surface area contributed by atoms with Gasteiger partial charge in [-0.2, -0.15) is 0 Å². The van der Waals surface area contributed by atoms with Gasteiger partial charge in [0, 0.05) is 56.3 Å². The van der Waals surface area contributed by atoms with Crippen LogP contribution in [0, 0.1) is 10.1 Å². The number of ketones is 1. The minimum absolute atomic E-state index is 0.0357. The highest BCUT2D eigenvalue weighted by Crippen LogP contribution is 2.39. The van der Waals surface area contributed by atoms with Gasteiger partial charge >= 0.3 is 0 Å². The molecule has 1 aromatic heterocycles. The van der Waals surface area contributed by atoms with Gasteiger partial charge in [-0.25, -0.2) is 0 Å². The van der Waals surface area contributed by atoms with Crippen LogP contribution in [0.1, 0.15) is 23.6 Å². The lowest BCUT2D eigenvalue weighted by atomic mass is 9.95. The van der Waals surface area contributed by atoms with Crippen LogP contribution in [0.4, 0.5) is 5.69 Å². The number of carbonyl (C=O) groups is 2. The molecule has 10 nitrogen and oxygen atoms in total. The minimum Gasteiger partial charge on any atom is -0.507 e. The Morgan fingerprint density at radius 3 is 2.39 bits per heavy atom. The first-order valence-corrected chi connectivity index (χ1v) is 10.7. The summed E-state index contributed by atoms with van der Waals surface area (Å²) < 4.78 is 5.36. The molecule has 33 heavy (non-hydrogen) atoms. The standard InChI is InChI=1S/C23H24N4O6/c28-21(17-6-8-24-9-7-17)19-20(16-2-4-18(5-3-16)27(31)32)26(23(30)22(19)29)11-1-10-25-12-14-33-15-13-25/h2-9,20,28H,1,10-15H2/b21-19+/t20-/m1/s1. The number of nitro groups is 1. The van der Waals surface area contributed by atoms with E-state index in [4.69, 9.17) is 4.74 Å². The van der Waals surface area contributed by atoms with Crippen molar-refractivity contribution in [2.45, 2.75) is 12.5 Å². The van der Waals surface area contributed by atoms with E-state index in [1.807, 2.05) is 0 Å². The first-order valence-electron chi connectivity index (χ1n) is 10.7. The van der Waals surface area contributed by atoms with Gasteiger partial charge in [-0.3, -0.25) is 29.6 Å². The Hall–Kier alpha value is -3.63. The number of rotatable bonds is 7. The summed E-state index contributed by atoms with van der Waals surface area (Å²) in [7, 11) is 0. The average molecular weight is 452 g/mol. The maximum Gasteiger partial charge on any atom is 0.295 e. The number of carbonyl (C=O) groups excluding carboxylic acids is 2. The fourth-order valence-corrected chi connectivity index (χ4v) is 4.19. The van der Waals surface area contributed by atoms with Crippen molar-refractivity contribution in [1.29, 1.82) is 0 Å². The van der Waals surface area contributed by atoms with Crippen LogP contribution in [-0.4, -0.2) is 75.9 Å². The van der Waals surface area contributed by atoms with E-state index in [1.54, 1.807) is 12.1 Å². The van der Waals surface area contributed by atoms with E-state index in [2.05, 4.69) is 9.88 Å². The number of nitro benzene ring substituents is 1. The predicted octanol–water partition coefficient (Wildman–Crippen LogP) is 2.13. The molecule has 1 aromatic carbocycles. The molecule has 2 saturated heterocycles. The third-order valence-electron chi connectivity index (χ3n) is 5.89. The van der Waals surface area contributed by atoms with Crippen LogP contribution < -0.4 is 0 Å². The van der Waals surface area contributed by atoms with Crippen LogP contribution in [-0.2, 0) is 14.3 Å². The number of aromatic nitrogens is 1. The summed E-state index contributed by atoms with van der Waals surface area (Å²) in [5, 5.41) is 22.0.